The van der Waals surface area contributed by atoms with Crippen LogP contribution in [0.3, 0.4) is 0 Å². The SMILES string of the molecule is CCC(N)Cc1c(Cl)cccc1OC1CCCC(C)C1. The summed E-state index contributed by atoms with van der Waals surface area (Å²) in [7, 11) is 0. The molecular weight excluding hydrogens is 270 g/mol. The van der Waals surface area contributed by atoms with Crippen molar-refractivity contribution in [3.8, 4) is 5.75 Å². The van der Waals surface area contributed by atoms with Gasteiger partial charge in [0.2, 0.25) is 0 Å². The average Bonchev–Trinajstić information content (AvgIpc) is 2.42. The molecule has 2 N–H and O–H groups in total. The fourth-order valence-corrected chi connectivity index (χ4v) is 3.16. The molecule has 1 fully saturated rings. The molecule has 0 aliphatic heterocycles. The Morgan fingerprint density at radius 2 is 2.20 bits per heavy atom. The number of hydrogen-bond donors (Lipinski definition) is 1. The predicted octanol–water partition coefficient (Wildman–Crippen LogP) is 4.58. The summed E-state index contributed by atoms with van der Waals surface area (Å²) in [4.78, 5) is 0. The Morgan fingerprint density at radius 1 is 1.40 bits per heavy atom. The third kappa shape index (κ3) is 4.13. The van der Waals surface area contributed by atoms with Gasteiger partial charge in [-0.3, -0.25) is 0 Å². The van der Waals surface area contributed by atoms with Gasteiger partial charge in [0.05, 0.1) is 6.10 Å². The minimum atomic E-state index is 0.141. The maximum atomic E-state index is 6.34. The quantitative estimate of drug-likeness (QED) is 0.863. The second-order valence-electron chi connectivity index (χ2n) is 6.10. The molecule has 3 atom stereocenters. The molecule has 1 aromatic carbocycles. The highest BCUT2D eigenvalue weighted by Crippen LogP contribution is 2.32. The smallest absolute Gasteiger partial charge is 0.124 e. The fraction of sp³-hybridized carbons (Fsp3) is 0.647. The number of ether oxygens (including phenoxy) is 1. The molecule has 0 heterocycles. The van der Waals surface area contributed by atoms with Crippen molar-refractivity contribution in [3.05, 3.63) is 28.8 Å². The third-order valence-electron chi connectivity index (χ3n) is 4.25. The molecule has 0 bridgehead atoms. The van der Waals surface area contributed by atoms with Gasteiger partial charge in [-0.15, -0.1) is 0 Å². The molecule has 0 radical (unpaired) electrons. The standard InChI is InChI=1S/C17H26ClNO/c1-3-13(19)11-15-16(18)8-5-9-17(15)20-14-7-4-6-12(2)10-14/h5,8-9,12-14H,3-4,6-7,10-11,19H2,1-2H3. The molecule has 1 saturated carbocycles. The minimum Gasteiger partial charge on any atom is -0.490 e. The van der Waals surface area contributed by atoms with Crippen LogP contribution < -0.4 is 10.5 Å². The van der Waals surface area contributed by atoms with Crippen LogP contribution in [-0.4, -0.2) is 12.1 Å². The van der Waals surface area contributed by atoms with Gasteiger partial charge in [0.1, 0.15) is 5.75 Å². The lowest BCUT2D eigenvalue weighted by atomic mass is 9.88. The van der Waals surface area contributed by atoms with E-state index in [0.717, 1.165) is 47.9 Å². The minimum absolute atomic E-state index is 0.141. The molecule has 2 nitrogen and oxygen atoms in total. The van der Waals surface area contributed by atoms with Gasteiger partial charge in [0.15, 0.2) is 0 Å². The third-order valence-corrected chi connectivity index (χ3v) is 4.60. The molecule has 0 amide bonds. The van der Waals surface area contributed by atoms with Crippen molar-refractivity contribution in [2.75, 3.05) is 0 Å². The van der Waals surface area contributed by atoms with Crippen molar-refractivity contribution in [1.82, 2.24) is 0 Å². The Balaban J connectivity index is 2.11. The first-order valence-corrected chi connectivity index (χ1v) is 8.17. The zero-order chi connectivity index (χ0) is 14.5. The molecule has 1 aliphatic carbocycles. The molecule has 3 unspecified atom stereocenters. The average molecular weight is 296 g/mol. The maximum absolute atomic E-state index is 6.34. The Kier molecular flexibility index (Phi) is 5.74. The second kappa shape index (κ2) is 7.33. The van der Waals surface area contributed by atoms with E-state index in [2.05, 4.69) is 13.8 Å². The summed E-state index contributed by atoms with van der Waals surface area (Å²) in [6.45, 7) is 4.41. The van der Waals surface area contributed by atoms with Crippen molar-refractivity contribution in [3.63, 3.8) is 0 Å². The van der Waals surface area contributed by atoms with Gasteiger partial charge in [-0.1, -0.05) is 37.9 Å². The normalized spacial score (nSPS) is 24.4. The van der Waals surface area contributed by atoms with E-state index in [1.54, 1.807) is 0 Å². The first kappa shape index (κ1) is 15.7. The van der Waals surface area contributed by atoms with Crippen molar-refractivity contribution in [2.45, 2.75) is 64.5 Å². The lowest BCUT2D eigenvalue weighted by Crippen LogP contribution is -2.26. The number of nitrogens with two attached hydrogens (primary N) is 1. The number of benzene rings is 1. The Labute approximate surface area is 127 Å². The summed E-state index contributed by atoms with van der Waals surface area (Å²) in [5, 5.41) is 0.773. The van der Waals surface area contributed by atoms with Crippen LogP contribution in [0, 0.1) is 5.92 Å². The lowest BCUT2D eigenvalue weighted by molar-refractivity contribution is 0.128. The molecule has 1 aliphatic rings. The Hall–Kier alpha value is -0.730. The van der Waals surface area contributed by atoms with E-state index in [1.165, 1.54) is 12.8 Å². The molecule has 20 heavy (non-hydrogen) atoms. The Morgan fingerprint density at radius 3 is 2.90 bits per heavy atom. The predicted molar refractivity (Wildman–Crippen MR) is 85.5 cm³/mol. The highest BCUT2D eigenvalue weighted by Gasteiger charge is 2.22. The van der Waals surface area contributed by atoms with Gasteiger partial charge < -0.3 is 10.5 Å². The van der Waals surface area contributed by atoms with E-state index in [4.69, 9.17) is 22.1 Å². The monoisotopic (exact) mass is 295 g/mol. The highest BCUT2D eigenvalue weighted by molar-refractivity contribution is 6.31. The molecule has 0 spiro atoms. The van der Waals surface area contributed by atoms with Crippen molar-refractivity contribution in [2.24, 2.45) is 11.7 Å². The lowest BCUT2D eigenvalue weighted by Gasteiger charge is -2.28. The van der Waals surface area contributed by atoms with Crippen molar-refractivity contribution >= 4 is 11.6 Å². The number of halogens is 1. The van der Waals surface area contributed by atoms with Gasteiger partial charge in [-0.2, -0.15) is 0 Å². The van der Waals surface area contributed by atoms with Crippen LogP contribution in [0.15, 0.2) is 18.2 Å². The molecule has 112 valence electrons. The van der Waals surface area contributed by atoms with Gasteiger partial charge in [-0.25, -0.2) is 0 Å². The molecule has 3 heteroatoms. The summed E-state index contributed by atoms with van der Waals surface area (Å²) >= 11 is 6.34. The van der Waals surface area contributed by atoms with E-state index in [9.17, 15) is 0 Å². The van der Waals surface area contributed by atoms with E-state index in [1.807, 2.05) is 18.2 Å². The van der Waals surface area contributed by atoms with E-state index in [0.29, 0.717) is 6.10 Å². The van der Waals surface area contributed by atoms with Crippen LogP contribution >= 0.6 is 11.6 Å². The zero-order valence-corrected chi connectivity index (χ0v) is 13.3. The van der Waals surface area contributed by atoms with Crippen LogP contribution in [0.1, 0.15) is 51.5 Å². The number of hydrogen-bond acceptors (Lipinski definition) is 2. The highest BCUT2D eigenvalue weighted by atomic mass is 35.5. The molecule has 0 aromatic heterocycles. The van der Waals surface area contributed by atoms with Crippen LogP contribution in [0.2, 0.25) is 5.02 Å². The molecule has 0 saturated heterocycles. The van der Waals surface area contributed by atoms with Gasteiger partial charge in [0.25, 0.3) is 0 Å². The van der Waals surface area contributed by atoms with Crippen LogP contribution in [0.5, 0.6) is 5.75 Å². The maximum Gasteiger partial charge on any atom is 0.124 e. The summed E-state index contributed by atoms with van der Waals surface area (Å²) in [6.07, 6.45) is 6.94. The van der Waals surface area contributed by atoms with E-state index in [-0.39, 0.29) is 6.04 Å². The largest absolute Gasteiger partial charge is 0.490 e. The van der Waals surface area contributed by atoms with Crippen LogP contribution in [0.4, 0.5) is 0 Å². The van der Waals surface area contributed by atoms with Crippen molar-refractivity contribution < 1.29 is 4.74 Å². The topological polar surface area (TPSA) is 35.2 Å². The summed E-state index contributed by atoms with van der Waals surface area (Å²) < 4.78 is 6.24. The van der Waals surface area contributed by atoms with Gasteiger partial charge in [-0.05, 0) is 50.2 Å². The summed E-state index contributed by atoms with van der Waals surface area (Å²) in [6, 6.07) is 6.06. The zero-order valence-electron chi connectivity index (χ0n) is 12.6. The molecular formula is C17H26ClNO. The second-order valence-corrected chi connectivity index (χ2v) is 6.51. The van der Waals surface area contributed by atoms with Crippen LogP contribution in [0.25, 0.3) is 0 Å². The Bertz CT molecular complexity index is 435. The fourth-order valence-electron chi connectivity index (χ4n) is 2.92. The summed E-state index contributed by atoms with van der Waals surface area (Å²) in [5.41, 5.74) is 7.15. The molecule has 1 aromatic rings. The van der Waals surface area contributed by atoms with Gasteiger partial charge >= 0.3 is 0 Å². The van der Waals surface area contributed by atoms with E-state index >= 15 is 0 Å². The summed E-state index contributed by atoms with van der Waals surface area (Å²) in [5.74, 6) is 1.69. The van der Waals surface area contributed by atoms with Crippen LogP contribution in [-0.2, 0) is 6.42 Å². The first-order chi connectivity index (χ1) is 9.60. The van der Waals surface area contributed by atoms with Crippen molar-refractivity contribution in [1.29, 1.82) is 0 Å². The number of rotatable bonds is 5. The first-order valence-electron chi connectivity index (χ1n) is 7.79. The van der Waals surface area contributed by atoms with Gasteiger partial charge in [0, 0.05) is 16.6 Å². The molecule has 2 rings (SSSR count). The van der Waals surface area contributed by atoms with E-state index < -0.39 is 0 Å².